The summed E-state index contributed by atoms with van der Waals surface area (Å²) in [5.41, 5.74) is 21.8. The number of alkyl halides is 1. The summed E-state index contributed by atoms with van der Waals surface area (Å²) in [4.78, 5) is 60.5. The van der Waals surface area contributed by atoms with E-state index in [0.717, 1.165) is 33.6 Å². The molecular weight excluding hydrogens is 1500 g/mol. The molecular formula is C72H74BrCl7N14O7. The maximum atomic E-state index is 12.5. The fourth-order valence-electron chi connectivity index (χ4n) is 9.57. The number of nitrogens with two attached hydrogens (primary N) is 4. The van der Waals surface area contributed by atoms with E-state index in [1.807, 2.05) is 123 Å². The van der Waals surface area contributed by atoms with Crippen molar-refractivity contribution in [2.24, 2.45) is 28.1 Å². The molecule has 101 heavy (non-hydrogen) atoms. The molecule has 21 nitrogen and oxygen atoms in total. The van der Waals surface area contributed by atoms with Gasteiger partial charge in [-0.2, -0.15) is 21.0 Å². The summed E-state index contributed by atoms with van der Waals surface area (Å²) in [5, 5.41) is 37.9. The number of amidine groups is 1. The van der Waals surface area contributed by atoms with Crippen molar-refractivity contribution in [2.45, 2.75) is 109 Å². The minimum absolute atomic E-state index is 0.0861. The van der Waals surface area contributed by atoms with Crippen LogP contribution in [0.15, 0.2) is 126 Å². The van der Waals surface area contributed by atoms with Gasteiger partial charge in [-0.15, -0.1) is 0 Å². The first-order chi connectivity index (χ1) is 48.4. The number of fused-ring (bicyclic) bond motifs is 1. The molecule has 0 radical (unpaired) electrons. The average molecular weight is 1580 g/mol. The van der Waals surface area contributed by atoms with Crippen molar-refractivity contribution in [3.8, 4) is 24.3 Å². The Balaban J connectivity index is 0.000000323. The molecule has 0 fully saturated rings. The highest BCUT2D eigenvalue weighted by Gasteiger charge is 2.23. The first-order valence-electron chi connectivity index (χ1n) is 30.4. The van der Waals surface area contributed by atoms with Crippen LogP contribution in [0.5, 0.6) is 0 Å². The van der Waals surface area contributed by atoms with E-state index >= 15 is 0 Å². The van der Waals surface area contributed by atoms with Crippen LogP contribution in [-0.2, 0) is 84.5 Å². The molecule has 8 aromatic rings. The molecule has 8 N–H and O–H groups in total. The topological polar surface area (TPSA) is 364 Å². The van der Waals surface area contributed by atoms with Crippen LogP contribution in [0.2, 0.25) is 35.5 Å². The van der Waals surface area contributed by atoms with Gasteiger partial charge in [-0.3, -0.25) is 41.0 Å². The Morgan fingerprint density at radius 3 is 1.13 bits per heavy atom. The fourth-order valence-corrected chi connectivity index (χ4v) is 11.8. The second-order valence-corrected chi connectivity index (χ2v) is 25.1. The number of ether oxygens (including phenoxy) is 4. The number of rotatable bonds is 22. The Kier molecular flexibility index (Phi) is 40.7. The van der Waals surface area contributed by atoms with Crippen molar-refractivity contribution in [3.05, 3.63) is 247 Å². The number of carbonyl (C=O) groups is 3. The van der Waals surface area contributed by atoms with Gasteiger partial charge in [-0.1, -0.05) is 209 Å². The second-order valence-electron chi connectivity index (χ2n) is 21.7. The average Bonchev–Trinajstić information content (AvgIpc) is 1.68. The third-order valence-electron chi connectivity index (χ3n) is 14.2. The summed E-state index contributed by atoms with van der Waals surface area (Å²) < 4.78 is 20.0. The van der Waals surface area contributed by atoms with E-state index in [9.17, 15) is 14.4 Å². The number of halogens is 8. The molecule has 1 aliphatic heterocycles. The zero-order valence-electron chi connectivity index (χ0n) is 56.2. The van der Waals surface area contributed by atoms with Crippen LogP contribution >= 0.6 is 97.1 Å². The standard InChI is InChI=1S/C20H23N3O2.C19H19ClN2O2.C10H13NO.2C8H6Cl2N2O.C7H3BrCl2N2.H4N2/c1-13(14-6-4-3-5-7-14)8-17(24)10-16-9-15-11-22-20(21)19(15)18(23-16)12-25-2;1-13(14-6-4-3-5-7-14)8-16(23)9-15-10-18(20)17(11-21)19(22-15)12-24-2;1-8(7-10(11)12)9-5-3-2-4-6-9;2*1-13-4-7-5(3-11)6(9)2-8(10)12-7;8-2-6-4(3-11)5(9)1-7(10)12-6;1-2/h3-7,9,13H,8,10-12H2,1-2H3,(H2,21,22);3-7,10,13H,8-9,12H2,1-2H3;2-6,8H,7H2,1H3,(H2,11,12);2*2H,4H2,1H3;1H,2H2;1-2H2/t2*13-;8-;;;;/m000..../s1. The molecule has 1 aliphatic rings. The molecule has 5 aromatic heterocycles. The summed E-state index contributed by atoms with van der Waals surface area (Å²) in [6.45, 7) is 7.65. The SMILES string of the molecule is COCc1nc(CC(=O)C[C@H](C)c2ccccc2)cc(Cl)c1C#N.COCc1nc(CC(=O)C[C@H](C)c2ccccc2)cc2c1C(N)=NC2.COCc1nc(Cl)cc(Cl)c1C#N.COCc1nc(Cl)cc(Cl)c1C#N.C[C@@H](CC(N)=O)c1ccccc1.N#Cc1c(Cl)cc(Cl)nc1CBr.NN. The number of carbonyl (C=O) groups excluding carboxylic acids is 3. The number of nitrogens with zero attached hydrogens (tertiary/aromatic N) is 10. The second kappa shape index (κ2) is 47.2. The lowest BCUT2D eigenvalue weighted by molar-refractivity contribution is -0.119. The lowest BCUT2D eigenvalue weighted by Crippen LogP contribution is -2.17. The normalized spacial score (nSPS) is 11.4. The predicted molar refractivity (Wildman–Crippen MR) is 398 cm³/mol. The zero-order chi connectivity index (χ0) is 75.1. The number of nitriles is 4. The highest BCUT2D eigenvalue weighted by atomic mass is 79.9. The van der Waals surface area contributed by atoms with Crippen LogP contribution in [0, 0.1) is 45.3 Å². The molecule has 0 spiro atoms. The summed E-state index contributed by atoms with van der Waals surface area (Å²) in [6, 6.07) is 45.7. The number of Topliss-reactive ketones (excluding diaryl/α,β-unsaturated/α-hetero) is 2. The van der Waals surface area contributed by atoms with Gasteiger partial charge in [0.2, 0.25) is 5.91 Å². The third kappa shape index (κ3) is 29.4. The van der Waals surface area contributed by atoms with E-state index < -0.39 is 0 Å². The molecule has 0 aliphatic carbocycles. The van der Waals surface area contributed by atoms with E-state index in [4.69, 9.17) is 133 Å². The number of hydrogen-bond donors (Lipinski definition) is 4. The quantitative estimate of drug-likeness (QED) is 0.0212. The van der Waals surface area contributed by atoms with Gasteiger partial charge < -0.3 is 30.4 Å². The van der Waals surface area contributed by atoms with E-state index in [0.29, 0.717) is 126 Å². The van der Waals surface area contributed by atoms with E-state index in [1.165, 1.54) is 45.1 Å². The Hall–Kier alpha value is -8.08. The third-order valence-corrected chi connectivity index (χ3v) is 16.5. The van der Waals surface area contributed by atoms with E-state index in [1.54, 1.807) is 13.2 Å². The largest absolute Gasteiger partial charge is 0.383 e. The molecule has 530 valence electrons. The summed E-state index contributed by atoms with van der Waals surface area (Å²) >= 11 is 43.5. The van der Waals surface area contributed by atoms with Gasteiger partial charge in [0, 0.05) is 82.8 Å². The van der Waals surface area contributed by atoms with Gasteiger partial charge in [0.25, 0.3) is 0 Å². The van der Waals surface area contributed by atoms with Crippen LogP contribution in [-0.4, -0.2) is 76.7 Å². The predicted octanol–water partition coefficient (Wildman–Crippen LogP) is 15.3. The molecule has 3 aromatic carbocycles. The van der Waals surface area contributed by atoms with Gasteiger partial charge in [0.05, 0.1) is 104 Å². The van der Waals surface area contributed by atoms with Crippen LogP contribution < -0.4 is 23.2 Å². The number of benzene rings is 3. The maximum absolute atomic E-state index is 12.5. The van der Waals surface area contributed by atoms with Gasteiger partial charge >= 0.3 is 0 Å². The molecule has 1 amide bonds. The van der Waals surface area contributed by atoms with Gasteiger partial charge in [0.1, 0.15) is 57.1 Å². The maximum Gasteiger partial charge on any atom is 0.218 e. The molecule has 0 bridgehead atoms. The van der Waals surface area contributed by atoms with Crippen LogP contribution in [0.1, 0.15) is 148 Å². The number of pyridine rings is 5. The number of aliphatic imine (C=N–C) groups is 1. The first-order valence-corrected chi connectivity index (χ1v) is 34.1. The Labute approximate surface area is 631 Å². The highest BCUT2D eigenvalue weighted by molar-refractivity contribution is 9.08. The number of ketones is 2. The number of hydrazine groups is 1. The van der Waals surface area contributed by atoms with Crippen molar-refractivity contribution in [1.82, 2.24) is 24.9 Å². The number of primary amides is 1. The van der Waals surface area contributed by atoms with Crippen molar-refractivity contribution < 1.29 is 33.3 Å². The summed E-state index contributed by atoms with van der Waals surface area (Å²) in [7, 11) is 6.17. The molecule has 0 saturated carbocycles. The number of methoxy groups -OCH3 is 4. The smallest absolute Gasteiger partial charge is 0.218 e. The Morgan fingerprint density at radius 2 is 0.782 bits per heavy atom. The van der Waals surface area contributed by atoms with Gasteiger partial charge in [-0.05, 0) is 70.3 Å². The minimum Gasteiger partial charge on any atom is -0.383 e. The Bertz CT molecular complexity index is 4170. The van der Waals surface area contributed by atoms with Crippen LogP contribution in [0.3, 0.4) is 0 Å². The monoisotopic (exact) mass is 1570 g/mol. The minimum atomic E-state index is -0.244. The first kappa shape index (κ1) is 87.1. The molecule has 0 saturated heterocycles. The fraction of sp³-hybridized carbons (Fsp3) is 0.292. The molecule has 6 heterocycles. The molecule has 0 unspecified atom stereocenters. The van der Waals surface area contributed by atoms with Crippen LogP contribution in [0.4, 0.5) is 0 Å². The summed E-state index contributed by atoms with van der Waals surface area (Å²) in [6.07, 6.45) is 1.87. The number of aromatic nitrogens is 5. The van der Waals surface area contributed by atoms with Crippen molar-refractivity contribution >= 4 is 120 Å². The lowest BCUT2D eigenvalue weighted by atomic mass is 9.94. The zero-order valence-corrected chi connectivity index (χ0v) is 63.1. The Morgan fingerprint density at radius 1 is 0.475 bits per heavy atom. The number of hydrogen-bond acceptors (Lipinski definition) is 20. The van der Waals surface area contributed by atoms with E-state index in [-0.39, 0.29) is 71.8 Å². The summed E-state index contributed by atoms with van der Waals surface area (Å²) in [5.74, 6) is 9.09. The lowest BCUT2D eigenvalue weighted by Gasteiger charge is -2.13. The van der Waals surface area contributed by atoms with E-state index in [2.05, 4.69) is 76.6 Å². The molecule has 29 heteroatoms. The molecule has 3 atom stereocenters. The highest BCUT2D eigenvalue weighted by Crippen LogP contribution is 2.29. The van der Waals surface area contributed by atoms with Gasteiger partial charge in [-0.25, -0.2) is 15.0 Å². The number of amides is 1. The molecule has 9 rings (SSSR count). The van der Waals surface area contributed by atoms with Crippen LogP contribution in [0.25, 0.3) is 0 Å². The van der Waals surface area contributed by atoms with Crippen molar-refractivity contribution in [3.63, 3.8) is 0 Å². The van der Waals surface area contributed by atoms with Crippen molar-refractivity contribution in [2.75, 3.05) is 28.4 Å². The van der Waals surface area contributed by atoms with Gasteiger partial charge in [0.15, 0.2) is 0 Å². The van der Waals surface area contributed by atoms with Crippen molar-refractivity contribution in [1.29, 1.82) is 21.0 Å².